The van der Waals surface area contributed by atoms with Crippen LogP contribution in [0.15, 0.2) is 0 Å². The number of halogens is 27. The molecule has 1 N–H and O–H groups in total. The number of quaternary nitrogens is 1. The Kier molecular flexibility index (Phi) is 11.7. The summed E-state index contributed by atoms with van der Waals surface area (Å²) in [7, 11) is 1.58. The van der Waals surface area contributed by atoms with Crippen molar-refractivity contribution in [3.05, 3.63) is 5.21 Å². The van der Waals surface area contributed by atoms with E-state index in [2.05, 4.69) is 0 Å². The van der Waals surface area contributed by atoms with Gasteiger partial charge < -0.3 is 15.2 Å². The lowest BCUT2D eigenvalue weighted by atomic mass is 9.84. The van der Waals surface area contributed by atoms with Crippen LogP contribution in [0.5, 0.6) is 0 Å². The van der Waals surface area contributed by atoms with Crippen molar-refractivity contribution in [1.82, 2.24) is 5.32 Å². The number of nitrogens with one attached hydrogen (secondary N) is 1. The molecule has 0 saturated carbocycles. The van der Waals surface area contributed by atoms with Crippen LogP contribution in [-0.2, 0) is 4.79 Å². The summed E-state index contributed by atoms with van der Waals surface area (Å²) >= 11 is 0. The Bertz CT molecular complexity index is 1230. The van der Waals surface area contributed by atoms with Crippen LogP contribution >= 0.6 is 0 Å². The minimum absolute atomic E-state index is 0.511. The first-order valence-electron chi connectivity index (χ1n) is 11.6. The van der Waals surface area contributed by atoms with Gasteiger partial charge >= 0.3 is 77.2 Å². The fourth-order valence-corrected chi connectivity index (χ4v) is 3.07. The molecular weight excluding hydrogens is 801 g/mol. The third kappa shape index (κ3) is 6.31. The molecule has 0 unspecified atom stereocenters. The Morgan fingerprint density at radius 3 is 0.880 bits per heavy atom. The summed E-state index contributed by atoms with van der Waals surface area (Å²) < 4.78 is 362. The molecule has 0 saturated heterocycles. The van der Waals surface area contributed by atoms with Crippen LogP contribution in [0.1, 0.15) is 6.42 Å². The fraction of sp³-hybridized carbons (Fsp3) is 0.947. The molecule has 0 bridgehead atoms. The smallest absolute Gasteiger partial charge is 0.460 e. The number of nitrogens with zero attached hydrogens (tertiary/aromatic N) is 1. The molecule has 1 amide bonds. The second-order valence-corrected chi connectivity index (χ2v) is 10.3. The predicted molar refractivity (Wildman–Crippen MR) is 103 cm³/mol. The van der Waals surface area contributed by atoms with Crippen LogP contribution in [0.4, 0.5) is 119 Å². The van der Waals surface area contributed by atoms with Gasteiger partial charge in [-0.2, -0.15) is 119 Å². The highest BCUT2D eigenvalue weighted by Gasteiger charge is 3.00. The number of hydroxylamine groups is 3. The average molecular weight is 814 g/mol. The number of alkyl halides is 27. The molecule has 0 aliphatic carbocycles. The summed E-state index contributed by atoms with van der Waals surface area (Å²) in [6, 6.07) is 0. The van der Waals surface area contributed by atoms with Crippen molar-refractivity contribution >= 4 is 5.91 Å². The molecule has 0 aromatic carbocycles. The highest BCUT2D eigenvalue weighted by atomic mass is 19.4. The van der Waals surface area contributed by atoms with Crippen molar-refractivity contribution in [1.29, 1.82) is 0 Å². The molecule has 0 spiro atoms. The second-order valence-electron chi connectivity index (χ2n) is 10.3. The molecule has 0 aliphatic rings. The zero-order chi connectivity index (χ0) is 41.4. The summed E-state index contributed by atoms with van der Waals surface area (Å²) in [6.45, 7) is -2.23. The number of carbonyl (C=O) groups excluding carboxylic acids is 1. The second kappa shape index (κ2) is 12.3. The quantitative estimate of drug-likeness (QED) is 0.0740. The summed E-state index contributed by atoms with van der Waals surface area (Å²) in [5.74, 6) is -115. The van der Waals surface area contributed by atoms with Crippen LogP contribution in [0, 0.1) is 5.21 Å². The summed E-state index contributed by atoms with van der Waals surface area (Å²) in [6.07, 6.45) is -9.15. The first kappa shape index (κ1) is 47.5. The summed E-state index contributed by atoms with van der Waals surface area (Å²) in [5, 5.41) is 11.7. The molecule has 0 aromatic heterocycles. The molecule has 0 radical (unpaired) electrons. The van der Waals surface area contributed by atoms with Gasteiger partial charge in [-0.25, -0.2) is 0 Å². The molecular formula is C19H13F27N2O2. The SMILES string of the molecule is C[N+](C)([O-])CCCNC(=O)C(F)(F)C(F)(F)C(F)(F)C(F)(F)C(F)(F)C(F)(F)C(F)(F)C(F)(F)C(F)(F)C(F)(F)C(F)(F)C(F)(F)C(F)(F)F. The van der Waals surface area contributed by atoms with Gasteiger partial charge in [-0.3, -0.25) is 4.79 Å². The van der Waals surface area contributed by atoms with Gasteiger partial charge in [-0.15, -0.1) is 0 Å². The number of amides is 1. The van der Waals surface area contributed by atoms with E-state index < -0.39 is 107 Å². The average Bonchev–Trinajstić information content (AvgIpc) is 2.88. The fourth-order valence-electron chi connectivity index (χ4n) is 3.07. The number of rotatable bonds is 16. The van der Waals surface area contributed by atoms with Crippen molar-refractivity contribution in [2.45, 2.75) is 83.7 Å². The monoisotopic (exact) mass is 814 g/mol. The van der Waals surface area contributed by atoms with Crippen molar-refractivity contribution < 1.29 is 128 Å². The van der Waals surface area contributed by atoms with Crippen molar-refractivity contribution in [2.75, 3.05) is 27.2 Å². The van der Waals surface area contributed by atoms with Gasteiger partial charge in [0.25, 0.3) is 5.91 Å². The van der Waals surface area contributed by atoms with Crippen molar-refractivity contribution in [3.8, 4) is 0 Å². The zero-order valence-electron chi connectivity index (χ0n) is 23.1. The molecule has 4 nitrogen and oxygen atoms in total. The van der Waals surface area contributed by atoms with Gasteiger partial charge in [0.1, 0.15) is 0 Å². The minimum atomic E-state index is -9.86. The minimum Gasteiger partial charge on any atom is -0.633 e. The number of carbonyl (C=O) groups is 1. The van der Waals surface area contributed by atoms with Crippen LogP contribution in [-0.4, -0.2) is 115 Å². The van der Waals surface area contributed by atoms with E-state index in [1.165, 1.54) is 0 Å². The van der Waals surface area contributed by atoms with E-state index in [9.17, 15) is 129 Å². The van der Waals surface area contributed by atoms with Crippen molar-refractivity contribution in [3.63, 3.8) is 0 Å². The Morgan fingerprint density at radius 1 is 0.440 bits per heavy atom. The molecule has 0 heterocycles. The maximum atomic E-state index is 13.9. The highest BCUT2D eigenvalue weighted by Crippen LogP contribution is 2.68. The molecule has 300 valence electrons. The molecule has 0 rings (SSSR count). The Labute approximate surface area is 256 Å². The topological polar surface area (TPSA) is 52.2 Å². The Balaban J connectivity index is 7.20. The van der Waals surface area contributed by atoms with Crippen molar-refractivity contribution in [2.24, 2.45) is 0 Å². The van der Waals surface area contributed by atoms with E-state index in [4.69, 9.17) is 0 Å². The van der Waals surface area contributed by atoms with E-state index in [0.717, 1.165) is 14.1 Å². The molecule has 0 fully saturated rings. The third-order valence-electron chi connectivity index (χ3n) is 6.14. The predicted octanol–water partition coefficient (Wildman–Crippen LogP) is 8.25. The lowest BCUT2D eigenvalue weighted by Gasteiger charge is -2.46. The Morgan fingerprint density at radius 2 is 0.660 bits per heavy atom. The van der Waals surface area contributed by atoms with Gasteiger partial charge in [-0.1, -0.05) is 0 Å². The van der Waals surface area contributed by atoms with E-state index in [1.54, 1.807) is 0 Å². The van der Waals surface area contributed by atoms with Crippen LogP contribution in [0.2, 0.25) is 0 Å². The van der Waals surface area contributed by atoms with Gasteiger partial charge in [0.15, 0.2) is 0 Å². The first-order chi connectivity index (χ1) is 21.1. The maximum Gasteiger partial charge on any atom is 0.460 e. The van der Waals surface area contributed by atoms with Crippen LogP contribution in [0.3, 0.4) is 0 Å². The normalized spacial score (nSPS) is 16.5. The molecule has 0 aliphatic heterocycles. The van der Waals surface area contributed by atoms with Gasteiger partial charge in [-0.05, 0) is 0 Å². The Hall–Kier alpha value is -2.50. The number of hydrogen-bond donors (Lipinski definition) is 1. The van der Waals surface area contributed by atoms with Crippen LogP contribution < -0.4 is 5.32 Å². The van der Waals surface area contributed by atoms with E-state index in [-0.39, 0.29) is 0 Å². The lowest BCUT2D eigenvalue weighted by molar-refractivity contribution is -0.840. The lowest BCUT2D eigenvalue weighted by Crippen LogP contribution is -2.79. The molecule has 50 heavy (non-hydrogen) atoms. The molecule has 0 aromatic rings. The number of hydrogen-bond acceptors (Lipinski definition) is 2. The maximum absolute atomic E-state index is 13.9. The zero-order valence-corrected chi connectivity index (χ0v) is 23.1. The third-order valence-corrected chi connectivity index (χ3v) is 6.14. The standard InChI is InChI=1S/C19H13F27N2O2/c1-48(2,50)5-3-4-47-6(49)7(20,21)8(22,23)9(24,25)10(26,27)11(28,29)12(30,31)13(32,33)14(34,35)15(36,37)16(38,39)17(40,41)18(42,43)19(44,45)46/h3-5H2,1-2H3,(H,47,49). The first-order valence-corrected chi connectivity index (χ1v) is 11.6. The van der Waals surface area contributed by atoms with Crippen LogP contribution in [0.25, 0.3) is 0 Å². The van der Waals surface area contributed by atoms with E-state index in [1.807, 2.05) is 0 Å². The van der Waals surface area contributed by atoms with Gasteiger partial charge in [0, 0.05) is 13.0 Å². The largest absolute Gasteiger partial charge is 0.633 e. The van der Waals surface area contributed by atoms with E-state index >= 15 is 0 Å². The van der Waals surface area contributed by atoms with Gasteiger partial charge in [0.05, 0.1) is 20.6 Å². The van der Waals surface area contributed by atoms with E-state index in [0.29, 0.717) is 5.32 Å². The summed E-state index contributed by atoms with van der Waals surface area (Å²) in [4.78, 5) is 11.3. The molecule has 31 heteroatoms. The highest BCUT2D eigenvalue weighted by molar-refractivity contribution is 5.84. The summed E-state index contributed by atoms with van der Waals surface area (Å²) in [5.41, 5.74) is 0. The molecule has 0 atom stereocenters. The van der Waals surface area contributed by atoms with Gasteiger partial charge in [0.2, 0.25) is 0 Å².